The number of carbonyl (C=O) groups excluding carboxylic acids is 1. The number of para-hydroxylation sites is 1. The maximum absolute atomic E-state index is 12.9. The van der Waals surface area contributed by atoms with Gasteiger partial charge in [-0.15, -0.1) is 0 Å². The lowest BCUT2D eigenvalue weighted by atomic mass is 10.1. The van der Waals surface area contributed by atoms with Crippen LogP contribution in [0.3, 0.4) is 0 Å². The van der Waals surface area contributed by atoms with Crippen molar-refractivity contribution in [2.75, 3.05) is 19.8 Å². The van der Waals surface area contributed by atoms with Gasteiger partial charge in [-0.2, -0.15) is 5.26 Å². The lowest BCUT2D eigenvalue weighted by molar-refractivity contribution is 0.0747. The van der Waals surface area contributed by atoms with E-state index in [2.05, 4.69) is 6.07 Å². The molecule has 0 aromatic heterocycles. The Balaban J connectivity index is 1.54. The predicted molar refractivity (Wildman–Crippen MR) is 115 cm³/mol. The van der Waals surface area contributed by atoms with Gasteiger partial charge in [0.25, 0.3) is 5.91 Å². The van der Waals surface area contributed by atoms with Gasteiger partial charge < -0.3 is 14.4 Å². The van der Waals surface area contributed by atoms with Crippen molar-refractivity contribution in [2.45, 2.75) is 13.0 Å². The molecule has 3 rings (SSSR count). The maximum Gasteiger partial charge on any atom is 0.254 e. The topological polar surface area (TPSA) is 62.6 Å². The number of benzene rings is 3. The molecule has 5 heteroatoms. The van der Waals surface area contributed by atoms with Crippen LogP contribution in [-0.2, 0) is 6.54 Å². The first-order chi connectivity index (χ1) is 14.8. The van der Waals surface area contributed by atoms with E-state index in [4.69, 9.17) is 14.7 Å². The van der Waals surface area contributed by atoms with Gasteiger partial charge in [0.15, 0.2) is 0 Å². The van der Waals surface area contributed by atoms with Gasteiger partial charge in [-0.25, -0.2) is 0 Å². The summed E-state index contributed by atoms with van der Waals surface area (Å²) in [5.41, 5.74) is 1.60. The van der Waals surface area contributed by atoms with Crippen LogP contribution in [0, 0.1) is 11.3 Å². The number of nitrogens with zero attached hydrogens (tertiary/aromatic N) is 2. The van der Waals surface area contributed by atoms with Crippen molar-refractivity contribution < 1.29 is 14.3 Å². The van der Waals surface area contributed by atoms with Crippen molar-refractivity contribution in [1.29, 1.82) is 5.26 Å². The molecule has 0 unspecified atom stereocenters. The Kier molecular flexibility index (Phi) is 7.87. The van der Waals surface area contributed by atoms with E-state index in [1.54, 1.807) is 29.2 Å². The minimum Gasteiger partial charge on any atom is -0.490 e. The molecule has 0 bridgehead atoms. The Morgan fingerprint density at radius 2 is 1.37 bits per heavy atom. The fraction of sp³-hybridized carbons (Fsp3) is 0.200. The highest BCUT2D eigenvalue weighted by Gasteiger charge is 2.16. The third-order valence-corrected chi connectivity index (χ3v) is 4.46. The van der Waals surface area contributed by atoms with Gasteiger partial charge in [0.05, 0.1) is 12.5 Å². The van der Waals surface area contributed by atoms with E-state index >= 15 is 0 Å². The molecule has 152 valence electrons. The van der Waals surface area contributed by atoms with Crippen LogP contribution in [0.4, 0.5) is 0 Å². The highest BCUT2D eigenvalue weighted by atomic mass is 16.5. The molecule has 5 nitrogen and oxygen atoms in total. The zero-order chi connectivity index (χ0) is 21.0. The molecule has 0 aliphatic heterocycles. The van der Waals surface area contributed by atoms with Crippen molar-refractivity contribution in [2.24, 2.45) is 0 Å². The number of hydrogen-bond acceptors (Lipinski definition) is 4. The SMILES string of the molecule is N#CCCN(Cc1ccccc1)C(=O)c1ccc(OCCOc2ccccc2)cc1. The molecular formula is C25H24N2O3. The third-order valence-electron chi connectivity index (χ3n) is 4.46. The van der Waals surface area contributed by atoms with Gasteiger partial charge in [-0.1, -0.05) is 48.5 Å². The first-order valence-corrected chi connectivity index (χ1v) is 9.87. The monoisotopic (exact) mass is 400 g/mol. The largest absolute Gasteiger partial charge is 0.490 e. The Morgan fingerprint density at radius 1 is 0.800 bits per heavy atom. The summed E-state index contributed by atoms with van der Waals surface area (Å²) in [5.74, 6) is 1.38. The van der Waals surface area contributed by atoms with Crippen LogP contribution >= 0.6 is 0 Å². The standard InChI is InChI=1S/C25H24N2O3/c26-16-7-17-27(20-21-8-3-1-4-9-21)25(28)22-12-14-24(15-13-22)30-19-18-29-23-10-5-2-6-11-23/h1-6,8-15H,7,17-20H2. The van der Waals surface area contributed by atoms with Crippen LogP contribution < -0.4 is 9.47 Å². The number of nitriles is 1. The van der Waals surface area contributed by atoms with E-state index in [1.165, 1.54) is 0 Å². The van der Waals surface area contributed by atoms with E-state index < -0.39 is 0 Å². The van der Waals surface area contributed by atoms with Gasteiger partial charge in [0, 0.05) is 18.7 Å². The summed E-state index contributed by atoms with van der Waals surface area (Å²) in [4.78, 5) is 14.6. The number of rotatable bonds is 10. The first kappa shape index (κ1) is 20.9. The molecule has 0 N–H and O–H groups in total. The van der Waals surface area contributed by atoms with Crippen LogP contribution in [-0.4, -0.2) is 30.6 Å². The van der Waals surface area contributed by atoms with E-state index in [1.807, 2.05) is 60.7 Å². The molecule has 0 saturated carbocycles. The number of ether oxygens (including phenoxy) is 2. The average molecular weight is 400 g/mol. The molecule has 0 aliphatic rings. The molecule has 0 radical (unpaired) electrons. The third kappa shape index (κ3) is 6.39. The Hall–Kier alpha value is -3.78. The van der Waals surface area contributed by atoms with E-state index in [-0.39, 0.29) is 5.91 Å². The first-order valence-electron chi connectivity index (χ1n) is 9.87. The van der Waals surface area contributed by atoms with Gasteiger partial charge in [0.2, 0.25) is 0 Å². The fourth-order valence-corrected chi connectivity index (χ4v) is 2.95. The van der Waals surface area contributed by atoms with Crippen molar-refractivity contribution >= 4 is 5.91 Å². The van der Waals surface area contributed by atoms with Crippen molar-refractivity contribution in [1.82, 2.24) is 4.90 Å². The molecule has 0 spiro atoms. The smallest absolute Gasteiger partial charge is 0.254 e. The molecule has 1 amide bonds. The Morgan fingerprint density at radius 3 is 1.97 bits per heavy atom. The second-order valence-corrected chi connectivity index (χ2v) is 6.65. The Bertz CT molecular complexity index is 951. The van der Waals surface area contributed by atoms with Crippen LogP contribution in [0.2, 0.25) is 0 Å². The maximum atomic E-state index is 12.9. The normalized spacial score (nSPS) is 10.1. The van der Waals surface area contributed by atoms with Crippen LogP contribution in [0.5, 0.6) is 11.5 Å². The average Bonchev–Trinajstić information content (AvgIpc) is 2.81. The van der Waals surface area contributed by atoms with Gasteiger partial charge in [0.1, 0.15) is 24.7 Å². The summed E-state index contributed by atoms with van der Waals surface area (Å²) in [6.07, 6.45) is 0.293. The molecule has 0 fully saturated rings. The summed E-state index contributed by atoms with van der Waals surface area (Å²) in [5, 5.41) is 8.93. The second-order valence-electron chi connectivity index (χ2n) is 6.65. The highest BCUT2D eigenvalue weighted by Crippen LogP contribution is 2.16. The fourth-order valence-electron chi connectivity index (χ4n) is 2.95. The summed E-state index contributed by atoms with van der Waals surface area (Å²) in [6.45, 7) is 1.70. The number of carbonyl (C=O) groups is 1. The molecule has 3 aromatic rings. The van der Waals surface area contributed by atoms with Crippen molar-refractivity contribution in [3.8, 4) is 17.6 Å². The zero-order valence-electron chi connectivity index (χ0n) is 16.7. The molecule has 30 heavy (non-hydrogen) atoms. The summed E-state index contributed by atoms with van der Waals surface area (Å²) in [7, 11) is 0. The molecule has 0 heterocycles. The molecule has 3 aromatic carbocycles. The van der Waals surface area contributed by atoms with Crippen molar-refractivity contribution in [3.63, 3.8) is 0 Å². The van der Waals surface area contributed by atoms with Gasteiger partial charge in [-0.05, 0) is 42.0 Å². The van der Waals surface area contributed by atoms with Gasteiger partial charge in [-0.3, -0.25) is 4.79 Å². The molecular weight excluding hydrogens is 376 g/mol. The summed E-state index contributed by atoms with van der Waals surface area (Å²) < 4.78 is 11.3. The number of amides is 1. The van der Waals surface area contributed by atoms with Gasteiger partial charge >= 0.3 is 0 Å². The Labute approximate surface area is 177 Å². The summed E-state index contributed by atoms with van der Waals surface area (Å²) >= 11 is 0. The van der Waals surface area contributed by atoms with E-state index in [0.717, 1.165) is 11.3 Å². The summed E-state index contributed by atoms with van der Waals surface area (Å²) in [6, 6.07) is 28.5. The lowest BCUT2D eigenvalue weighted by Gasteiger charge is -2.22. The quantitative estimate of drug-likeness (QED) is 0.463. The van der Waals surface area contributed by atoms with Crippen LogP contribution in [0.15, 0.2) is 84.9 Å². The predicted octanol–water partition coefficient (Wildman–Crippen LogP) is 4.70. The molecule has 0 atom stereocenters. The lowest BCUT2D eigenvalue weighted by Crippen LogP contribution is -2.31. The van der Waals surface area contributed by atoms with E-state index in [0.29, 0.717) is 44.0 Å². The minimum absolute atomic E-state index is 0.104. The second kappa shape index (κ2) is 11.3. The van der Waals surface area contributed by atoms with Crippen molar-refractivity contribution in [3.05, 3.63) is 96.1 Å². The van der Waals surface area contributed by atoms with E-state index in [9.17, 15) is 4.79 Å². The highest BCUT2D eigenvalue weighted by molar-refractivity contribution is 5.94. The molecule has 0 saturated heterocycles. The van der Waals surface area contributed by atoms with Crippen LogP contribution in [0.1, 0.15) is 22.3 Å². The minimum atomic E-state index is -0.104. The number of hydrogen-bond donors (Lipinski definition) is 0. The molecule has 0 aliphatic carbocycles. The zero-order valence-corrected chi connectivity index (χ0v) is 16.7. The van der Waals surface area contributed by atoms with Crippen LogP contribution in [0.25, 0.3) is 0 Å².